The molecule has 0 spiro atoms. The van der Waals surface area contributed by atoms with E-state index in [4.69, 9.17) is 17.2 Å². The molecule has 14 heavy (non-hydrogen) atoms. The number of nitrogens with zero attached hydrogens (tertiary/aromatic N) is 3. The van der Waals surface area contributed by atoms with Crippen LogP contribution in [0.25, 0.3) is 0 Å². The van der Waals surface area contributed by atoms with Gasteiger partial charge in [-0.1, -0.05) is 0 Å². The molecule has 0 unspecified atom stereocenters. The van der Waals surface area contributed by atoms with Crippen molar-refractivity contribution in [3.8, 4) is 0 Å². The van der Waals surface area contributed by atoms with Gasteiger partial charge in [-0.15, -0.1) is 11.3 Å². The Morgan fingerprint density at radius 2 is 2.21 bits per heavy atom. The largest absolute Gasteiger partial charge is 0.370 e. The monoisotopic (exact) mass is 212 g/mol. The van der Waals surface area contributed by atoms with E-state index in [1.54, 1.807) is 11.3 Å². The molecule has 0 aliphatic heterocycles. The summed E-state index contributed by atoms with van der Waals surface area (Å²) in [6.07, 6.45) is 0. The Bertz CT molecular complexity index is 362. The predicted octanol–water partition coefficient (Wildman–Crippen LogP) is -0.460. The maximum absolute atomic E-state index is 5.41. The Morgan fingerprint density at radius 3 is 2.71 bits per heavy atom. The fraction of sp³-hybridized carbons (Fsp3) is 0.286. The van der Waals surface area contributed by atoms with Gasteiger partial charge in [-0.25, -0.2) is 9.98 Å². The van der Waals surface area contributed by atoms with E-state index in [-0.39, 0.29) is 11.9 Å². The second kappa shape index (κ2) is 4.56. The highest BCUT2D eigenvalue weighted by atomic mass is 32.1. The van der Waals surface area contributed by atoms with Crippen molar-refractivity contribution in [3.05, 3.63) is 16.1 Å². The minimum atomic E-state index is -0.0966. The summed E-state index contributed by atoms with van der Waals surface area (Å²) in [6, 6.07) is 0. The Kier molecular flexibility index (Phi) is 3.41. The summed E-state index contributed by atoms with van der Waals surface area (Å²) in [5, 5.41) is 2.91. The van der Waals surface area contributed by atoms with Crippen LogP contribution in [-0.4, -0.2) is 16.9 Å². The molecular formula is C7H12N6S. The Morgan fingerprint density at radius 1 is 1.50 bits per heavy atom. The number of aliphatic imine (C=N–C) groups is 2. The number of rotatable bonds is 2. The van der Waals surface area contributed by atoms with Crippen LogP contribution >= 0.6 is 11.3 Å². The summed E-state index contributed by atoms with van der Waals surface area (Å²) in [7, 11) is 0. The molecule has 0 fully saturated rings. The summed E-state index contributed by atoms with van der Waals surface area (Å²) in [6.45, 7) is 2.32. The van der Waals surface area contributed by atoms with Gasteiger partial charge in [-0.3, -0.25) is 0 Å². The number of aromatic nitrogens is 1. The van der Waals surface area contributed by atoms with Crippen LogP contribution in [0.3, 0.4) is 0 Å². The van der Waals surface area contributed by atoms with Crippen molar-refractivity contribution >= 4 is 23.3 Å². The van der Waals surface area contributed by atoms with Gasteiger partial charge in [-0.2, -0.15) is 4.99 Å². The van der Waals surface area contributed by atoms with Crippen molar-refractivity contribution in [1.29, 1.82) is 0 Å². The standard InChI is InChI=1S/C7H12N6S/c1-4-12-5(3-14-4)2-11-7(10)13-6(8)9/h3H,2H2,1H3,(H6,8,9,10,11,13). The average Bonchev–Trinajstić information content (AvgIpc) is 2.47. The van der Waals surface area contributed by atoms with Crippen molar-refractivity contribution in [2.45, 2.75) is 13.5 Å². The van der Waals surface area contributed by atoms with Crippen LogP contribution < -0.4 is 17.2 Å². The predicted molar refractivity (Wildman–Crippen MR) is 58.0 cm³/mol. The van der Waals surface area contributed by atoms with Crippen molar-refractivity contribution < 1.29 is 0 Å². The van der Waals surface area contributed by atoms with Crippen molar-refractivity contribution in [3.63, 3.8) is 0 Å². The van der Waals surface area contributed by atoms with Crippen molar-refractivity contribution in [1.82, 2.24) is 4.98 Å². The lowest BCUT2D eigenvalue weighted by molar-refractivity contribution is 0.990. The first-order valence-corrected chi connectivity index (χ1v) is 4.76. The van der Waals surface area contributed by atoms with E-state index in [2.05, 4.69) is 15.0 Å². The molecule has 0 aliphatic carbocycles. The quantitative estimate of drug-likeness (QED) is 0.454. The zero-order valence-electron chi connectivity index (χ0n) is 7.77. The topological polar surface area (TPSA) is 116 Å². The van der Waals surface area contributed by atoms with Gasteiger partial charge in [0, 0.05) is 5.38 Å². The number of thiazole rings is 1. The van der Waals surface area contributed by atoms with Gasteiger partial charge in [0.2, 0.25) is 5.96 Å². The van der Waals surface area contributed by atoms with Crippen LogP contribution in [0.2, 0.25) is 0 Å². The third-order valence-corrected chi connectivity index (χ3v) is 2.14. The molecule has 1 heterocycles. The fourth-order valence-electron chi connectivity index (χ4n) is 0.810. The van der Waals surface area contributed by atoms with Crippen LogP contribution in [-0.2, 0) is 6.54 Å². The van der Waals surface area contributed by atoms with Crippen LogP contribution in [0, 0.1) is 6.92 Å². The first-order chi connectivity index (χ1) is 6.58. The lowest BCUT2D eigenvalue weighted by Crippen LogP contribution is -2.26. The van der Waals surface area contributed by atoms with E-state index < -0.39 is 0 Å². The maximum Gasteiger partial charge on any atom is 0.218 e. The van der Waals surface area contributed by atoms with E-state index in [1.807, 2.05) is 12.3 Å². The molecule has 76 valence electrons. The molecule has 7 heteroatoms. The average molecular weight is 212 g/mol. The highest BCUT2D eigenvalue weighted by Crippen LogP contribution is 2.08. The lowest BCUT2D eigenvalue weighted by atomic mass is 10.5. The van der Waals surface area contributed by atoms with Gasteiger partial charge in [0.15, 0.2) is 5.96 Å². The van der Waals surface area contributed by atoms with Gasteiger partial charge >= 0.3 is 0 Å². The van der Waals surface area contributed by atoms with Crippen LogP contribution in [0.1, 0.15) is 10.7 Å². The Balaban J connectivity index is 2.59. The van der Waals surface area contributed by atoms with E-state index in [0.717, 1.165) is 10.7 Å². The first kappa shape index (κ1) is 10.5. The summed E-state index contributed by atoms with van der Waals surface area (Å²) in [5.74, 6) is -0.0311. The molecule has 0 radical (unpaired) electrons. The normalized spacial score (nSPS) is 11.4. The summed E-state index contributed by atoms with van der Waals surface area (Å²) >= 11 is 1.56. The molecule has 0 aromatic carbocycles. The molecule has 0 aliphatic rings. The molecule has 0 atom stereocenters. The number of hydrogen-bond acceptors (Lipinski definition) is 3. The van der Waals surface area contributed by atoms with Crippen molar-refractivity contribution in [2.24, 2.45) is 27.2 Å². The highest BCUT2D eigenvalue weighted by Gasteiger charge is 1.96. The number of nitrogens with two attached hydrogens (primary N) is 3. The highest BCUT2D eigenvalue weighted by molar-refractivity contribution is 7.09. The summed E-state index contributed by atoms with van der Waals surface area (Å²) < 4.78 is 0. The summed E-state index contributed by atoms with van der Waals surface area (Å²) in [4.78, 5) is 11.7. The maximum atomic E-state index is 5.41. The SMILES string of the molecule is Cc1nc(CN=C(N)N=C(N)N)cs1. The van der Waals surface area contributed by atoms with E-state index in [0.29, 0.717) is 6.54 Å². The Labute approximate surface area is 85.6 Å². The zero-order valence-corrected chi connectivity index (χ0v) is 8.58. The number of guanidine groups is 2. The van der Waals surface area contributed by atoms with Crippen molar-refractivity contribution in [2.75, 3.05) is 0 Å². The van der Waals surface area contributed by atoms with Gasteiger partial charge in [0.1, 0.15) is 0 Å². The second-order valence-corrected chi connectivity index (χ2v) is 3.63. The van der Waals surface area contributed by atoms with Gasteiger partial charge in [0.25, 0.3) is 0 Å². The lowest BCUT2D eigenvalue weighted by Gasteiger charge is -1.93. The van der Waals surface area contributed by atoms with Crippen LogP contribution in [0.5, 0.6) is 0 Å². The van der Waals surface area contributed by atoms with E-state index >= 15 is 0 Å². The molecular weight excluding hydrogens is 200 g/mol. The molecule has 0 amide bonds. The van der Waals surface area contributed by atoms with Gasteiger partial charge < -0.3 is 17.2 Å². The minimum absolute atomic E-state index is 0.0654. The third kappa shape index (κ3) is 3.40. The first-order valence-electron chi connectivity index (χ1n) is 3.88. The van der Waals surface area contributed by atoms with E-state index in [1.165, 1.54) is 0 Å². The van der Waals surface area contributed by atoms with Gasteiger partial charge in [0.05, 0.1) is 17.2 Å². The number of hydrogen-bond donors (Lipinski definition) is 3. The molecule has 1 aromatic rings. The second-order valence-electron chi connectivity index (χ2n) is 2.57. The third-order valence-electron chi connectivity index (χ3n) is 1.31. The molecule has 6 N–H and O–H groups in total. The zero-order chi connectivity index (χ0) is 10.6. The van der Waals surface area contributed by atoms with Gasteiger partial charge in [-0.05, 0) is 6.92 Å². The van der Waals surface area contributed by atoms with E-state index in [9.17, 15) is 0 Å². The smallest absolute Gasteiger partial charge is 0.218 e. The Hall–Kier alpha value is -1.63. The molecule has 6 nitrogen and oxygen atoms in total. The van der Waals surface area contributed by atoms with Crippen LogP contribution in [0.4, 0.5) is 0 Å². The summed E-state index contributed by atoms with van der Waals surface area (Å²) in [5.41, 5.74) is 16.5. The molecule has 1 rings (SSSR count). The molecule has 0 bridgehead atoms. The van der Waals surface area contributed by atoms with Crippen LogP contribution in [0.15, 0.2) is 15.4 Å². The minimum Gasteiger partial charge on any atom is -0.370 e. The molecule has 0 saturated heterocycles. The molecule has 0 saturated carbocycles. The molecule has 1 aromatic heterocycles. The fourth-order valence-corrected chi connectivity index (χ4v) is 1.41. The number of aryl methyl sites for hydroxylation is 1.